The number of guanidine groups is 1. The Morgan fingerprint density at radius 2 is 1.86 bits per heavy atom. The molecule has 2 aliphatic carbocycles. The number of likely N-dealkylation sites (N-methyl/N-ethyl adjacent to an activating group) is 1. The van der Waals surface area contributed by atoms with E-state index in [4.69, 9.17) is 4.99 Å². The quantitative estimate of drug-likeness (QED) is 0.293. The molecule has 7 heteroatoms. The van der Waals surface area contributed by atoms with Gasteiger partial charge in [0.1, 0.15) is 0 Å². The molecule has 2 heterocycles. The number of imide groups is 1. The first-order valence-electron chi connectivity index (χ1n) is 10.9. The lowest BCUT2D eigenvalue weighted by Gasteiger charge is -2.22. The predicted octanol–water partition coefficient (Wildman–Crippen LogP) is 0.833. The van der Waals surface area contributed by atoms with E-state index in [1.54, 1.807) is 0 Å². The largest absolute Gasteiger partial charge is 0.357 e. The molecule has 0 aromatic carbocycles. The molecule has 154 valence electrons. The van der Waals surface area contributed by atoms with Gasteiger partial charge in [-0.3, -0.25) is 24.4 Å². The summed E-state index contributed by atoms with van der Waals surface area (Å²) in [5.74, 6) is 1.16. The number of likely N-dealkylation sites (tertiary alicyclic amines) is 2. The molecule has 2 saturated heterocycles. The first-order valence-corrected chi connectivity index (χ1v) is 10.9. The average molecular weight is 388 g/mol. The molecule has 0 radical (unpaired) electrons. The summed E-state index contributed by atoms with van der Waals surface area (Å²) in [6.07, 6.45) is 7.70. The summed E-state index contributed by atoms with van der Waals surface area (Å²) >= 11 is 0. The van der Waals surface area contributed by atoms with Crippen LogP contribution in [0.5, 0.6) is 0 Å². The van der Waals surface area contributed by atoms with Gasteiger partial charge in [-0.15, -0.1) is 0 Å². The normalized spacial score (nSPS) is 34.6. The molecule has 5 atom stereocenters. The lowest BCUT2D eigenvalue weighted by molar-refractivity contribution is -0.140. The summed E-state index contributed by atoms with van der Waals surface area (Å²) in [5.41, 5.74) is 0. The van der Waals surface area contributed by atoms with E-state index in [1.165, 1.54) is 24.3 Å². The SMILES string of the molecule is CCNC(=NCC1CCCN1CC)NCCN1C(=O)C2C3C=CC(C3)C2C1=O. The van der Waals surface area contributed by atoms with Crippen molar-refractivity contribution in [3.63, 3.8) is 0 Å². The van der Waals surface area contributed by atoms with Crippen LogP contribution in [0.3, 0.4) is 0 Å². The molecule has 7 nitrogen and oxygen atoms in total. The number of amides is 2. The Morgan fingerprint density at radius 1 is 1.14 bits per heavy atom. The van der Waals surface area contributed by atoms with Crippen LogP contribution in [0.2, 0.25) is 0 Å². The molecule has 3 fully saturated rings. The number of nitrogens with zero attached hydrogens (tertiary/aromatic N) is 3. The molecule has 0 aromatic rings. The van der Waals surface area contributed by atoms with E-state index in [-0.39, 0.29) is 35.5 Å². The zero-order chi connectivity index (χ0) is 19.7. The second-order valence-electron chi connectivity index (χ2n) is 8.40. The number of hydrogen-bond donors (Lipinski definition) is 2. The molecule has 5 unspecified atom stereocenters. The Morgan fingerprint density at radius 3 is 2.50 bits per heavy atom. The zero-order valence-electron chi connectivity index (χ0n) is 17.1. The molecule has 0 aromatic heterocycles. The number of carbonyl (C=O) groups is 2. The number of carbonyl (C=O) groups excluding carboxylic acids is 2. The highest BCUT2D eigenvalue weighted by molar-refractivity contribution is 6.06. The van der Waals surface area contributed by atoms with E-state index >= 15 is 0 Å². The first-order chi connectivity index (χ1) is 13.6. The van der Waals surface area contributed by atoms with Crippen LogP contribution >= 0.6 is 0 Å². The van der Waals surface area contributed by atoms with Gasteiger partial charge in [0, 0.05) is 25.7 Å². The molecule has 2 amide bonds. The van der Waals surface area contributed by atoms with Gasteiger partial charge >= 0.3 is 0 Å². The fraction of sp³-hybridized carbons (Fsp3) is 0.762. The second kappa shape index (κ2) is 8.23. The number of allylic oxidation sites excluding steroid dienone is 2. The van der Waals surface area contributed by atoms with Crippen molar-refractivity contribution in [1.29, 1.82) is 0 Å². The Bertz CT molecular complexity index is 646. The van der Waals surface area contributed by atoms with Gasteiger partial charge in [-0.05, 0) is 51.1 Å². The van der Waals surface area contributed by atoms with Crippen LogP contribution in [0, 0.1) is 23.7 Å². The molecular weight excluding hydrogens is 354 g/mol. The van der Waals surface area contributed by atoms with E-state index in [9.17, 15) is 9.59 Å². The highest BCUT2D eigenvalue weighted by Crippen LogP contribution is 2.52. The number of aliphatic imine (C=N–C) groups is 1. The van der Waals surface area contributed by atoms with Gasteiger partial charge < -0.3 is 10.6 Å². The summed E-state index contributed by atoms with van der Waals surface area (Å²) in [7, 11) is 0. The average Bonchev–Trinajstić information content (AvgIpc) is 3.46. The topological polar surface area (TPSA) is 77.0 Å². The standard InChI is InChI=1S/C21H33N5O2/c1-3-22-21(24-13-16-6-5-10-25(16)4-2)23-9-11-26-19(27)17-14-7-8-15(12-14)18(17)20(26)28/h7-8,14-18H,3-6,9-13H2,1-2H3,(H2,22,23,24). The number of nitrogens with one attached hydrogen (secondary N) is 2. The monoisotopic (exact) mass is 387 g/mol. The van der Waals surface area contributed by atoms with Crippen molar-refractivity contribution in [3.05, 3.63) is 12.2 Å². The maximum absolute atomic E-state index is 12.7. The molecule has 2 bridgehead atoms. The van der Waals surface area contributed by atoms with Crippen molar-refractivity contribution in [1.82, 2.24) is 20.4 Å². The van der Waals surface area contributed by atoms with E-state index in [0.29, 0.717) is 19.1 Å². The number of hydrogen-bond acceptors (Lipinski definition) is 4. The minimum atomic E-state index is -0.105. The molecule has 2 aliphatic heterocycles. The molecule has 0 spiro atoms. The molecule has 2 N–H and O–H groups in total. The predicted molar refractivity (Wildman–Crippen MR) is 109 cm³/mol. The maximum Gasteiger partial charge on any atom is 0.233 e. The van der Waals surface area contributed by atoms with Crippen LogP contribution < -0.4 is 10.6 Å². The van der Waals surface area contributed by atoms with Gasteiger partial charge in [-0.2, -0.15) is 0 Å². The zero-order valence-corrected chi connectivity index (χ0v) is 17.1. The lowest BCUT2D eigenvalue weighted by Crippen LogP contribution is -2.44. The van der Waals surface area contributed by atoms with E-state index in [0.717, 1.165) is 32.0 Å². The third kappa shape index (κ3) is 3.45. The molecular formula is C21H33N5O2. The van der Waals surface area contributed by atoms with Crippen molar-refractivity contribution in [2.24, 2.45) is 28.7 Å². The van der Waals surface area contributed by atoms with Gasteiger partial charge in [-0.25, -0.2) is 0 Å². The van der Waals surface area contributed by atoms with Crippen molar-refractivity contribution < 1.29 is 9.59 Å². The Labute approximate surface area is 167 Å². The minimum absolute atomic E-state index is 0.0279. The van der Waals surface area contributed by atoms with Crippen LogP contribution in [0.25, 0.3) is 0 Å². The smallest absolute Gasteiger partial charge is 0.233 e. The Kier molecular flexibility index (Phi) is 5.71. The fourth-order valence-corrected chi connectivity index (χ4v) is 5.53. The molecule has 1 saturated carbocycles. The Hall–Kier alpha value is -1.89. The third-order valence-electron chi connectivity index (χ3n) is 6.90. The van der Waals surface area contributed by atoms with Gasteiger partial charge in [0.15, 0.2) is 5.96 Å². The summed E-state index contributed by atoms with van der Waals surface area (Å²) in [6, 6.07) is 0.518. The second-order valence-corrected chi connectivity index (χ2v) is 8.40. The highest BCUT2D eigenvalue weighted by atomic mass is 16.2. The van der Waals surface area contributed by atoms with Gasteiger partial charge in [0.25, 0.3) is 0 Å². The van der Waals surface area contributed by atoms with E-state index in [2.05, 4.69) is 34.6 Å². The van der Waals surface area contributed by atoms with Gasteiger partial charge in [-0.1, -0.05) is 19.1 Å². The Balaban J connectivity index is 1.30. The third-order valence-corrected chi connectivity index (χ3v) is 6.90. The van der Waals surface area contributed by atoms with Gasteiger partial charge in [0.05, 0.1) is 18.4 Å². The summed E-state index contributed by atoms with van der Waals surface area (Å²) in [6.45, 7) is 9.00. The highest BCUT2D eigenvalue weighted by Gasteiger charge is 2.58. The number of fused-ring (bicyclic) bond motifs is 5. The molecule has 28 heavy (non-hydrogen) atoms. The van der Waals surface area contributed by atoms with Crippen molar-refractivity contribution >= 4 is 17.8 Å². The van der Waals surface area contributed by atoms with Crippen LogP contribution in [-0.4, -0.2) is 72.9 Å². The van der Waals surface area contributed by atoms with E-state index in [1.807, 2.05) is 6.92 Å². The lowest BCUT2D eigenvalue weighted by atomic mass is 9.85. The van der Waals surface area contributed by atoms with Crippen LogP contribution in [0.4, 0.5) is 0 Å². The summed E-state index contributed by atoms with van der Waals surface area (Å²) in [4.78, 5) is 34.2. The van der Waals surface area contributed by atoms with Crippen molar-refractivity contribution in [2.45, 2.75) is 39.2 Å². The first kappa shape index (κ1) is 19.4. The minimum Gasteiger partial charge on any atom is -0.357 e. The fourth-order valence-electron chi connectivity index (χ4n) is 5.53. The van der Waals surface area contributed by atoms with Crippen LogP contribution in [0.1, 0.15) is 33.1 Å². The summed E-state index contributed by atoms with van der Waals surface area (Å²) < 4.78 is 0. The van der Waals surface area contributed by atoms with Crippen molar-refractivity contribution in [3.8, 4) is 0 Å². The maximum atomic E-state index is 12.7. The van der Waals surface area contributed by atoms with Gasteiger partial charge in [0.2, 0.25) is 11.8 Å². The van der Waals surface area contributed by atoms with Crippen LogP contribution in [0.15, 0.2) is 17.1 Å². The molecule has 4 aliphatic rings. The van der Waals surface area contributed by atoms with E-state index < -0.39 is 0 Å². The number of rotatable bonds is 7. The van der Waals surface area contributed by atoms with Crippen LogP contribution in [-0.2, 0) is 9.59 Å². The van der Waals surface area contributed by atoms with Crippen molar-refractivity contribution in [2.75, 3.05) is 39.3 Å². The summed E-state index contributed by atoms with van der Waals surface area (Å²) in [5, 5.41) is 6.58. The molecule has 4 rings (SSSR count).